The second-order valence-corrected chi connectivity index (χ2v) is 9.16. The number of carbonyl (C=O) groups excluding carboxylic acids is 1. The number of nitrogens with zero attached hydrogens (tertiary/aromatic N) is 3. The highest BCUT2D eigenvalue weighted by molar-refractivity contribution is 5.94. The van der Waals surface area contributed by atoms with Crippen LogP contribution in [0.15, 0.2) is 83.4 Å². The number of amides is 1. The lowest BCUT2D eigenvalue weighted by molar-refractivity contribution is 0.0729. The lowest BCUT2D eigenvalue weighted by atomic mass is 10.0. The molecule has 1 aliphatic heterocycles. The van der Waals surface area contributed by atoms with E-state index < -0.39 is 0 Å². The Bertz CT molecular complexity index is 1330. The van der Waals surface area contributed by atoms with Crippen molar-refractivity contribution in [2.45, 2.75) is 20.0 Å². The number of morpholine rings is 1. The minimum atomic E-state index is -0.0733. The van der Waals surface area contributed by atoms with Gasteiger partial charge in [-0.1, -0.05) is 59.3 Å². The third kappa shape index (κ3) is 5.67. The first-order chi connectivity index (χ1) is 18.1. The number of anilines is 1. The maximum Gasteiger partial charge on any atom is 0.254 e. The molecule has 0 N–H and O–H groups in total. The molecule has 0 atom stereocenters. The second kappa shape index (κ2) is 11.3. The van der Waals surface area contributed by atoms with E-state index >= 15 is 0 Å². The van der Waals surface area contributed by atoms with Crippen molar-refractivity contribution in [3.63, 3.8) is 0 Å². The number of rotatable bonds is 8. The van der Waals surface area contributed by atoms with Gasteiger partial charge in [0.2, 0.25) is 5.88 Å². The van der Waals surface area contributed by atoms with Crippen LogP contribution in [0.4, 0.5) is 5.88 Å². The molecule has 0 radical (unpaired) electrons. The zero-order valence-electron chi connectivity index (χ0n) is 21.2. The number of carbonyl (C=O) groups is 1. The van der Waals surface area contributed by atoms with Gasteiger partial charge in [-0.2, -0.15) is 0 Å². The van der Waals surface area contributed by atoms with E-state index in [1.54, 1.807) is 19.2 Å². The van der Waals surface area contributed by atoms with Crippen LogP contribution in [-0.4, -0.2) is 49.4 Å². The minimum absolute atomic E-state index is 0.0733. The molecule has 3 aromatic carbocycles. The molecule has 1 aliphatic rings. The molecule has 0 unspecified atom stereocenters. The molecule has 1 saturated heterocycles. The molecule has 37 heavy (non-hydrogen) atoms. The molecular weight excluding hydrogens is 466 g/mol. The summed E-state index contributed by atoms with van der Waals surface area (Å²) in [4.78, 5) is 17.9. The van der Waals surface area contributed by atoms with Gasteiger partial charge in [0.25, 0.3) is 5.91 Å². The fourth-order valence-electron chi connectivity index (χ4n) is 4.59. The van der Waals surface area contributed by atoms with Crippen molar-refractivity contribution < 1.29 is 18.8 Å². The second-order valence-electron chi connectivity index (χ2n) is 9.16. The van der Waals surface area contributed by atoms with Crippen molar-refractivity contribution in [1.82, 2.24) is 10.1 Å². The van der Waals surface area contributed by atoms with Crippen LogP contribution in [-0.2, 0) is 17.8 Å². The lowest BCUT2D eigenvalue weighted by Crippen LogP contribution is -2.37. The van der Waals surface area contributed by atoms with Crippen LogP contribution in [0.3, 0.4) is 0 Å². The smallest absolute Gasteiger partial charge is 0.254 e. The van der Waals surface area contributed by atoms with Gasteiger partial charge in [0.1, 0.15) is 11.4 Å². The van der Waals surface area contributed by atoms with Gasteiger partial charge in [-0.15, -0.1) is 0 Å². The van der Waals surface area contributed by atoms with Gasteiger partial charge in [-0.3, -0.25) is 4.79 Å². The summed E-state index contributed by atoms with van der Waals surface area (Å²) in [5.41, 5.74) is 5.39. The molecule has 1 fully saturated rings. The van der Waals surface area contributed by atoms with E-state index in [1.807, 2.05) is 59.5 Å². The van der Waals surface area contributed by atoms with Crippen molar-refractivity contribution in [1.29, 1.82) is 0 Å². The van der Waals surface area contributed by atoms with Crippen molar-refractivity contribution in [3.8, 4) is 17.0 Å². The molecule has 0 saturated carbocycles. The Labute approximate surface area is 217 Å². The normalized spacial score (nSPS) is 13.4. The molecule has 7 nitrogen and oxygen atoms in total. The summed E-state index contributed by atoms with van der Waals surface area (Å²) >= 11 is 0. The molecule has 2 heterocycles. The Morgan fingerprint density at radius 1 is 0.973 bits per heavy atom. The Kier molecular flexibility index (Phi) is 7.51. The average Bonchev–Trinajstić information content (AvgIpc) is 3.37. The first-order valence-electron chi connectivity index (χ1n) is 12.5. The fourth-order valence-corrected chi connectivity index (χ4v) is 4.59. The highest BCUT2D eigenvalue weighted by Crippen LogP contribution is 2.34. The molecule has 190 valence electrons. The van der Waals surface area contributed by atoms with Gasteiger partial charge in [-0.25, -0.2) is 0 Å². The van der Waals surface area contributed by atoms with Gasteiger partial charge in [-0.05, 0) is 42.8 Å². The molecule has 4 aromatic rings. The summed E-state index contributed by atoms with van der Waals surface area (Å²) in [6, 6.07) is 25.4. The summed E-state index contributed by atoms with van der Waals surface area (Å²) < 4.78 is 16.8. The van der Waals surface area contributed by atoms with Crippen LogP contribution in [0.1, 0.15) is 27.0 Å². The number of hydrogen-bond donors (Lipinski definition) is 0. The topological polar surface area (TPSA) is 68.0 Å². The summed E-state index contributed by atoms with van der Waals surface area (Å²) in [5.74, 6) is 1.33. The first kappa shape index (κ1) is 24.6. The predicted molar refractivity (Wildman–Crippen MR) is 143 cm³/mol. The maximum absolute atomic E-state index is 13.9. The van der Waals surface area contributed by atoms with Gasteiger partial charge >= 0.3 is 0 Å². The number of hydrogen-bond acceptors (Lipinski definition) is 6. The Hall–Kier alpha value is -4.10. The van der Waals surface area contributed by atoms with Crippen LogP contribution >= 0.6 is 0 Å². The van der Waals surface area contributed by atoms with Crippen molar-refractivity contribution in [2.75, 3.05) is 38.3 Å². The third-order valence-electron chi connectivity index (χ3n) is 6.55. The van der Waals surface area contributed by atoms with Crippen LogP contribution in [0.5, 0.6) is 5.75 Å². The van der Waals surface area contributed by atoms with E-state index in [0.29, 0.717) is 56.6 Å². The maximum atomic E-state index is 13.9. The molecule has 0 bridgehead atoms. The number of aryl methyl sites for hydroxylation is 1. The van der Waals surface area contributed by atoms with Crippen molar-refractivity contribution >= 4 is 11.8 Å². The Balaban J connectivity index is 1.55. The van der Waals surface area contributed by atoms with Gasteiger partial charge in [0.15, 0.2) is 0 Å². The monoisotopic (exact) mass is 497 g/mol. The van der Waals surface area contributed by atoms with Gasteiger partial charge in [0.05, 0.1) is 32.4 Å². The highest BCUT2D eigenvalue weighted by atomic mass is 16.5. The number of aromatic nitrogens is 1. The standard InChI is InChI=1S/C30H31N3O4/c1-22-7-6-10-25(19-22)28-27(30(37-31-28)32-15-17-36-18-16-32)21-33(20-23-8-4-3-5-9-23)29(34)24-11-13-26(35-2)14-12-24/h3-14,19H,15-18,20-21H2,1-2H3. The van der Waals surface area contributed by atoms with Crippen molar-refractivity contribution in [2.24, 2.45) is 0 Å². The predicted octanol–water partition coefficient (Wildman–Crippen LogP) is 5.34. The summed E-state index contributed by atoms with van der Waals surface area (Å²) in [6.45, 7) is 5.52. The Morgan fingerprint density at radius 2 is 1.73 bits per heavy atom. The highest BCUT2D eigenvalue weighted by Gasteiger charge is 2.28. The van der Waals surface area contributed by atoms with Gasteiger partial charge in [0, 0.05) is 30.8 Å². The van der Waals surface area contributed by atoms with E-state index in [1.165, 1.54) is 0 Å². The first-order valence-corrected chi connectivity index (χ1v) is 12.5. The fraction of sp³-hybridized carbons (Fsp3) is 0.267. The number of methoxy groups -OCH3 is 1. The van der Waals surface area contributed by atoms with Crippen LogP contribution < -0.4 is 9.64 Å². The van der Waals surface area contributed by atoms with E-state index in [4.69, 9.17) is 14.0 Å². The van der Waals surface area contributed by atoms with Crippen molar-refractivity contribution in [3.05, 3.63) is 101 Å². The van der Waals surface area contributed by atoms with E-state index in [9.17, 15) is 4.79 Å². The largest absolute Gasteiger partial charge is 0.497 e. The quantitative estimate of drug-likeness (QED) is 0.327. The lowest BCUT2D eigenvalue weighted by Gasteiger charge is -2.28. The molecule has 5 rings (SSSR count). The van der Waals surface area contributed by atoms with E-state index in [0.717, 1.165) is 27.9 Å². The molecule has 0 aliphatic carbocycles. The third-order valence-corrected chi connectivity index (χ3v) is 6.55. The summed E-state index contributed by atoms with van der Waals surface area (Å²) in [6.07, 6.45) is 0. The molecule has 7 heteroatoms. The van der Waals surface area contributed by atoms with Crippen LogP contribution in [0.2, 0.25) is 0 Å². The summed E-state index contributed by atoms with van der Waals surface area (Å²) in [7, 11) is 1.62. The SMILES string of the molecule is COc1ccc(C(=O)N(Cc2ccccc2)Cc2c(-c3cccc(C)c3)noc2N2CCOCC2)cc1. The number of ether oxygens (including phenoxy) is 2. The molecule has 1 amide bonds. The average molecular weight is 498 g/mol. The minimum Gasteiger partial charge on any atom is -0.497 e. The zero-order valence-corrected chi connectivity index (χ0v) is 21.2. The van der Waals surface area contributed by atoms with Crippen LogP contribution in [0, 0.1) is 6.92 Å². The molecule has 0 spiro atoms. The number of benzene rings is 3. The summed E-state index contributed by atoms with van der Waals surface area (Å²) in [5, 5.41) is 4.51. The zero-order chi connectivity index (χ0) is 25.6. The molecule has 1 aromatic heterocycles. The van der Waals surface area contributed by atoms with Gasteiger partial charge < -0.3 is 23.8 Å². The van der Waals surface area contributed by atoms with E-state index in [-0.39, 0.29) is 5.91 Å². The van der Waals surface area contributed by atoms with E-state index in [2.05, 4.69) is 29.1 Å². The molecular formula is C30H31N3O4. The van der Waals surface area contributed by atoms with Crippen LogP contribution in [0.25, 0.3) is 11.3 Å². The Morgan fingerprint density at radius 3 is 2.43 bits per heavy atom.